The fourth-order valence-corrected chi connectivity index (χ4v) is 4.03. The lowest BCUT2D eigenvalue weighted by Gasteiger charge is -2.24. The molecule has 0 aliphatic rings. The minimum atomic E-state index is 0.247. The summed E-state index contributed by atoms with van der Waals surface area (Å²) in [6, 6.07) is 11.4. The summed E-state index contributed by atoms with van der Waals surface area (Å²) < 4.78 is 1.18. The van der Waals surface area contributed by atoms with Gasteiger partial charge in [0.25, 0.3) is 0 Å². The van der Waals surface area contributed by atoms with E-state index in [9.17, 15) is 0 Å². The molecule has 0 aliphatic carbocycles. The summed E-state index contributed by atoms with van der Waals surface area (Å²) in [5.74, 6) is 0. The minimum absolute atomic E-state index is 0.247. The standard InChI is InChI=1S/C17H22BrNS/c1-5-17(2,3)13-8-6-12(7-9-13)15(19-4)16-14(18)10-11-20-16/h6-11,15,19H,5H2,1-4H3. The van der Waals surface area contributed by atoms with Gasteiger partial charge in [-0.3, -0.25) is 0 Å². The third-order valence-corrected chi connectivity index (χ3v) is 6.04. The molecule has 1 atom stereocenters. The van der Waals surface area contributed by atoms with E-state index < -0.39 is 0 Å². The zero-order valence-electron chi connectivity index (χ0n) is 12.5. The van der Waals surface area contributed by atoms with E-state index in [1.165, 1.54) is 20.5 Å². The molecule has 0 radical (unpaired) electrons. The number of thiophene rings is 1. The number of rotatable bonds is 5. The lowest BCUT2D eigenvalue weighted by atomic mass is 9.82. The Morgan fingerprint density at radius 3 is 2.30 bits per heavy atom. The molecule has 0 fully saturated rings. The van der Waals surface area contributed by atoms with Gasteiger partial charge in [-0.1, -0.05) is 45.0 Å². The highest BCUT2D eigenvalue weighted by molar-refractivity contribution is 9.10. The van der Waals surface area contributed by atoms with Crippen molar-refractivity contribution >= 4 is 27.3 Å². The molecule has 0 bridgehead atoms. The van der Waals surface area contributed by atoms with Crippen molar-refractivity contribution in [1.82, 2.24) is 5.32 Å². The van der Waals surface area contributed by atoms with E-state index in [-0.39, 0.29) is 11.5 Å². The van der Waals surface area contributed by atoms with Gasteiger partial charge in [0.1, 0.15) is 0 Å². The van der Waals surface area contributed by atoms with Crippen molar-refractivity contribution in [3.63, 3.8) is 0 Å². The van der Waals surface area contributed by atoms with Crippen LogP contribution in [0.15, 0.2) is 40.2 Å². The Bertz CT molecular complexity index is 557. The second-order valence-corrected chi connectivity index (χ2v) is 7.52. The lowest BCUT2D eigenvalue weighted by Crippen LogP contribution is -2.18. The first-order valence-corrected chi connectivity index (χ1v) is 8.67. The van der Waals surface area contributed by atoms with Crippen LogP contribution < -0.4 is 5.32 Å². The van der Waals surface area contributed by atoms with Crippen LogP contribution in [0.25, 0.3) is 0 Å². The minimum Gasteiger partial charge on any atom is -0.309 e. The van der Waals surface area contributed by atoms with Gasteiger partial charge in [-0.2, -0.15) is 0 Å². The third kappa shape index (κ3) is 3.16. The molecule has 0 saturated heterocycles. The predicted molar refractivity (Wildman–Crippen MR) is 92.7 cm³/mol. The van der Waals surface area contributed by atoms with E-state index >= 15 is 0 Å². The smallest absolute Gasteiger partial charge is 0.0680 e. The molecule has 2 rings (SSSR count). The van der Waals surface area contributed by atoms with Crippen molar-refractivity contribution < 1.29 is 0 Å². The van der Waals surface area contributed by atoms with Crippen LogP contribution in [0, 0.1) is 0 Å². The predicted octanol–water partition coefficient (Wildman–Crippen LogP) is 5.51. The van der Waals surface area contributed by atoms with Gasteiger partial charge in [0.15, 0.2) is 0 Å². The summed E-state index contributed by atoms with van der Waals surface area (Å²) in [6.45, 7) is 6.84. The van der Waals surface area contributed by atoms with Crippen molar-refractivity contribution in [1.29, 1.82) is 0 Å². The summed E-state index contributed by atoms with van der Waals surface area (Å²) in [5.41, 5.74) is 2.96. The Balaban J connectivity index is 2.31. The van der Waals surface area contributed by atoms with Crippen LogP contribution in [-0.2, 0) is 5.41 Å². The van der Waals surface area contributed by atoms with Crippen LogP contribution in [0.5, 0.6) is 0 Å². The maximum Gasteiger partial charge on any atom is 0.0680 e. The monoisotopic (exact) mass is 351 g/mol. The molecule has 2 aromatic rings. The highest BCUT2D eigenvalue weighted by Crippen LogP contribution is 2.34. The normalized spacial score (nSPS) is 13.4. The van der Waals surface area contributed by atoms with Gasteiger partial charge in [-0.15, -0.1) is 11.3 Å². The second kappa shape index (κ2) is 6.42. The highest BCUT2D eigenvalue weighted by atomic mass is 79.9. The quantitative estimate of drug-likeness (QED) is 0.748. The van der Waals surface area contributed by atoms with Gasteiger partial charge in [0.2, 0.25) is 0 Å². The van der Waals surface area contributed by atoms with Crippen molar-refractivity contribution in [2.75, 3.05) is 7.05 Å². The van der Waals surface area contributed by atoms with E-state index in [1.807, 2.05) is 7.05 Å². The molecule has 0 aliphatic heterocycles. The molecule has 1 aromatic heterocycles. The zero-order chi connectivity index (χ0) is 14.8. The molecule has 20 heavy (non-hydrogen) atoms. The fourth-order valence-electron chi connectivity index (χ4n) is 2.29. The fraction of sp³-hybridized carbons (Fsp3) is 0.412. The molecular formula is C17H22BrNS. The van der Waals surface area contributed by atoms with Crippen LogP contribution in [0.1, 0.15) is 49.2 Å². The Labute approximate surface area is 134 Å². The second-order valence-electron chi connectivity index (χ2n) is 5.71. The van der Waals surface area contributed by atoms with Crippen LogP contribution in [-0.4, -0.2) is 7.05 Å². The van der Waals surface area contributed by atoms with Gasteiger partial charge < -0.3 is 5.32 Å². The molecule has 1 aromatic carbocycles. The average molecular weight is 352 g/mol. The summed E-state index contributed by atoms with van der Waals surface area (Å²) >= 11 is 5.41. The van der Waals surface area contributed by atoms with Gasteiger partial charge in [0.05, 0.1) is 6.04 Å². The SMILES string of the molecule is CCC(C)(C)c1ccc(C(NC)c2sccc2Br)cc1. The Morgan fingerprint density at radius 1 is 1.20 bits per heavy atom. The number of halogens is 1. The van der Waals surface area contributed by atoms with Crippen LogP contribution in [0.3, 0.4) is 0 Å². The lowest BCUT2D eigenvalue weighted by molar-refractivity contribution is 0.506. The topological polar surface area (TPSA) is 12.0 Å². The van der Waals surface area contributed by atoms with Gasteiger partial charge in [0, 0.05) is 9.35 Å². The van der Waals surface area contributed by atoms with Crippen molar-refractivity contribution in [2.45, 2.75) is 38.6 Å². The largest absolute Gasteiger partial charge is 0.309 e. The number of hydrogen-bond acceptors (Lipinski definition) is 2. The number of benzene rings is 1. The van der Waals surface area contributed by atoms with Gasteiger partial charge in [-0.25, -0.2) is 0 Å². The van der Waals surface area contributed by atoms with Gasteiger partial charge in [-0.05, 0) is 57.4 Å². The third-order valence-electron chi connectivity index (χ3n) is 4.11. The van der Waals surface area contributed by atoms with E-state index in [1.54, 1.807) is 11.3 Å². The molecule has 1 N–H and O–H groups in total. The molecule has 1 heterocycles. The first-order valence-electron chi connectivity index (χ1n) is 7.00. The molecule has 1 nitrogen and oxygen atoms in total. The maximum absolute atomic E-state index is 3.63. The molecular weight excluding hydrogens is 330 g/mol. The van der Waals surface area contributed by atoms with Crippen LogP contribution >= 0.6 is 27.3 Å². The Kier molecular flexibility index (Phi) is 5.05. The average Bonchev–Trinajstić information content (AvgIpc) is 2.87. The molecule has 0 saturated carbocycles. The van der Waals surface area contributed by atoms with Gasteiger partial charge >= 0.3 is 0 Å². The Hall–Kier alpha value is -0.640. The van der Waals surface area contributed by atoms with E-state index in [0.717, 1.165) is 6.42 Å². The van der Waals surface area contributed by atoms with Crippen molar-refractivity contribution in [2.24, 2.45) is 0 Å². The summed E-state index contributed by atoms with van der Waals surface area (Å²) in [7, 11) is 2.01. The molecule has 0 amide bonds. The van der Waals surface area contributed by atoms with Crippen LogP contribution in [0.2, 0.25) is 0 Å². The molecule has 3 heteroatoms. The molecule has 1 unspecified atom stereocenters. The zero-order valence-corrected chi connectivity index (χ0v) is 14.9. The summed E-state index contributed by atoms with van der Waals surface area (Å²) in [6.07, 6.45) is 1.15. The van der Waals surface area contributed by atoms with Crippen molar-refractivity contribution in [3.8, 4) is 0 Å². The van der Waals surface area contributed by atoms with Crippen LogP contribution in [0.4, 0.5) is 0 Å². The number of hydrogen-bond donors (Lipinski definition) is 1. The van der Waals surface area contributed by atoms with E-state index in [2.05, 4.69) is 77.7 Å². The summed E-state index contributed by atoms with van der Waals surface area (Å²) in [4.78, 5) is 1.33. The molecule has 108 valence electrons. The van der Waals surface area contributed by atoms with E-state index in [0.29, 0.717) is 0 Å². The summed E-state index contributed by atoms with van der Waals surface area (Å²) in [5, 5.41) is 5.54. The first-order chi connectivity index (χ1) is 9.49. The Morgan fingerprint density at radius 2 is 1.85 bits per heavy atom. The first kappa shape index (κ1) is 15.7. The van der Waals surface area contributed by atoms with E-state index in [4.69, 9.17) is 0 Å². The highest BCUT2D eigenvalue weighted by Gasteiger charge is 2.20. The van der Waals surface area contributed by atoms with Crippen molar-refractivity contribution in [3.05, 3.63) is 56.2 Å². The number of nitrogens with one attached hydrogen (secondary N) is 1. The maximum atomic E-state index is 3.63. The molecule has 0 spiro atoms.